The standard InChI is InChI=1S/C16H9BrN4OS/c17-12-5-3-11(4-6-12)14-19-16-21(20-14)15(22)13(23-16)8-10-2-1-7-18-9-10/h1-9H. The summed E-state index contributed by atoms with van der Waals surface area (Å²) in [4.78, 5) is 21.5. The molecule has 4 rings (SSSR count). The fourth-order valence-electron chi connectivity index (χ4n) is 2.17. The van der Waals surface area contributed by atoms with Gasteiger partial charge in [0.1, 0.15) is 0 Å². The molecule has 4 aromatic rings. The van der Waals surface area contributed by atoms with Crippen LogP contribution in [0.25, 0.3) is 22.4 Å². The van der Waals surface area contributed by atoms with Crippen molar-refractivity contribution in [3.8, 4) is 11.4 Å². The first-order valence-corrected chi connectivity index (χ1v) is 8.39. The van der Waals surface area contributed by atoms with Crippen LogP contribution in [0.4, 0.5) is 0 Å². The van der Waals surface area contributed by atoms with E-state index in [-0.39, 0.29) is 5.56 Å². The number of benzene rings is 1. The molecule has 0 aliphatic rings. The summed E-state index contributed by atoms with van der Waals surface area (Å²) in [7, 11) is 0. The van der Waals surface area contributed by atoms with Gasteiger partial charge in [0, 0.05) is 22.4 Å². The van der Waals surface area contributed by atoms with E-state index in [0.717, 1.165) is 15.6 Å². The molecule has 0 bridgehead atoms. The molecular formula is C16H9BrN4OS. The van der Waals surface area contributed by atoms with Crippen molar-refractivity contribution in [3.63, 3.8) is 0 Å². The molecule has 112 valence electrons. The van der Waals surface area contributed by atoms with E-state index in [2.05, 4.69) is 31.0 Å². The van der Waals surface area contributed by atoms with Crippen LogP contribution in [-0.2, 0) is 0 Å². The first-order valence-electron chi connectivity index (χ1n) is 6.78. The van der Waals surface area contributed by atoms with Crippen LogP contribution in [-0.4, -0.2) is 19.6 Å². The zero-order valence-electron chi connectivity index (χ0n) is 11.7. The van der Waals surface area contributed by atoms with Crippen LogP contribution in [0.15, 0.2) is 58.1 Å². The van der Waals surface area contributed by atoms with Crippen molar-refractivity contribution < 1.29 is 0 Å². The molecule has 0 spiro atoms. The Hall–Kier alpha value is -2.38. The fourth-order valence-corrected chi connectivity index (χ4v) is 3.34. The summed E-state index contributed by atoms with van der Waals surface area (Å²) in [5.41, 5.74) is 1.59. The third-order valence-electron chi connectivity index (χ3n) is 3.27. The molecule has 3 aromatic heterocycles. The van der Waals surface area contributed by atoms with Gasteiger partial charge in [-0.25, -0.2) is 0 Å². The zero-order valence-corrected chi connectivity index (χ0v) is 14.1. The Balaban J connectivity index is 1.82. The predicted octanol–water partition coefficient (Wildman–Crippen LogP) is 2.52. The van der Waals surface area contributed by atoms with Crippen molar-refractivity contribution >= 4 is 38.3 Å². The van der Waals surface area contributed by atoms with Gasteiger partial charge in [0.2, 0.25) is 4.96 Å². The Labute approximate surface area is 143 Å². The number of hydrogen-bond acceptors (Lipinski definition) is 5. The summed E-state index contributed by atoms with van der Waals surface area (Å²) in [5, 5.41) is 4.33. The Morgan fingerprint density at radius 1 is 1.17 bits per heavy atom. The lowest BCUT2D eigenvalue weighted by Gasteiger charge is -1.94. The minimum Gasteiger partial charge on any atom is -0.266 e. The summed E-state index contributed by atoms with van der Waals surface area (Å²) in [6.45, 7) is 0. The average molecular weight is 385 g/mol. The third kappa shape index (κ3) is 2.69. The lowest BCUT2D eigenvalue weighted by molar-refractivity contribution is 0.937. The van der Waals surface area contributed by atoms with Gasteiger partial charge in [0.15, 0.2) is 5.82 Å². The number of pyridine rings is 1. The van der Waals surface area contributed by atoms with Crippen LogP contribution < -0.4 is 10.1 Å². The molecule has 23 heavy (non-hydrogen) atoms. The van der Waals surface area contributed by atoms with E-state index in [1.807, 2.05) is 36.4 Å². The summed E-state index contributed by atoms with van der Waals surface area (Å²) in [6, 6.07) is 11.4. The third-order valence-corrected chi connectivity index (χ3v) is 4.75. The average Bonchev–Trinajstić information content (AvgIpc) is 3.10. The summed E-state index contributed by atoms with van der Waals surface area (Å²) in [5.74, 6) is 0.550. The Morgan fingerprint density at radius 2 is 2.00 bits per heavy atom. The molecule has 0 aliphatic heterocycles. The van der Waals surface area contributed by atoms with Crippen molar-refractivity contribution in [2.75, 3.05) is 0 Å². The topological polar surface area (TPSA) is 60.2 Å². The smallest absolute Gasteiger partial charge is 0.266 e. The van der Waals surface area contributed by atoms with Gasteiger partial charge in [0.25, 0.3) is 5.56 Å². The van der Waals surface area contributed by atoms with Gasteiger partial charge < -0.3 is 0 Å². The Bertz CT molecular complexity index is 1090. The van der Waals surface area contributed by atoms with Gasteiger partial charge in [-0.3, -0.25) is 9.78 Å². The Kier molecular flexibility index (Phi) is 3.51. The second kappa shape index (κ2) is 5.68. The summed E-state index contributed by atoms with van der Waals surface area (Å²) in [6.07, 6.45) is 5.21. The van der Waals surface area contributed by atoms with Crippen molar-refractivity contribution in [1.82, 2.24) is 19.6 Å². The van der Waals surface area contributed by atoms with E-state index in [1.165, 1.54) is 15.9 Å². The number of aromatic nitrogens is 4. The summed E-state index contributed by atoms with van der Waals surface area (Å²) < 4.78 is 2.93. The number of halogens is 1. The molecule has 7 heteroatoms. The minimum atomic E-state index is -0.162. The minimum absolute atomic E-state index is 0.162. The maximum atomic E-state index is 12.4. The molecule has 0 atom stereocenters. The predicted molar refractivity (Wildman–Crippen MR) is 93.3 cm³/mol. The monoisotopic (exact) mass is 384 g/mol. The van der Waals surface area contributed by atoms with Crippen molar-refractivity contribution in [2.45, 2.75) is 0 Å². The molecule has 0 amide bonds. The largest absolute Gasteiger partial charge is 0.291 e. The number of thiazole rings is 1. The highest BCUT2D eigenvalue weighted by atomic mass is 79.9. The van der Waals surface area contributed by atoms with Gasteiger partial charge >= 0.3 is 0 Å². The highest BCUT2D eigenvalue weighted by Gasteiger charge is 2.11. The molecule has 0 radical (unpaired) electrons. The highest BCUT2D eigenvalue weighted by molar-refractivity contribution is 9.10. The van der Waals surface area contributed by atoms with Crippen molar-refractivity contribution in [2.24, 2.45) is 0 Å². The van der Waals surface area contributed by atoms with Gasteiger partial charge in [-0.05, 0) is 29.8 Å². The fraction of sp³-hybridized carbons (Fsp3) is 0. The maximum absolute atomic E-state index is 12.4. The van der Waals surface area contributed by atoms with Gasteiger partial charge in [-0.2, -0.15) is 9.50 Å². The molecular weight excluding hydrogens is 376 g/mol. The van der Waals surface area contributed by atoms with Crippen LogP contribution in [0.2, 0.25) is 0 Å². The SMILES string of the molecule is O=c1c(=Cc2cccnc2)sc2nc(-c3ccc(Br)cc3)nn12. The van der Waals surface area contributed by atoms with Gasteiger partial charge in [-0.15, -0.1) is 5.10 Å². The quantitative estimate of drug-likeness (QED) is 0.532. The van der Waals surface area contributed by atoms with E-state index in [4.69, 9.17) is 0 Å². The maximum Gasteiger partial charge on any atom is 0.291 e. The molecule has 0 unspecified atom stereocenters. The Morgan fingerprint density at radius 3 is 2.70 bits per heavy atom. The lowest BCUT2D eigenvalue weighted by Crippen LogP contribution is -2.23. The van der Waals surface area contributed by atoms with Crippen LogP contribution >= 0.6 is 27.3 Å². The molecule has 0 fully saturated rings. The molecule has 0 saturated heterocycles. The van der Waals surface area contributed by atoms with E-state index in [1.54, 1.807) is 18.5 Å². The second-order valence-electron chi connectivity index (χ2n) is 4.84. The molecule has 1 aromatic carbocycles. The molecule has 0 aliphatic carbocycles. The van der Waals surface area contributed by atoms with Gasteiger partial charge in [0.05, 0.1) is 4.53 Å². The highest BCUT2D eigenvalue weighted by Crippen LogP contribution is 2.19. The number of nitrogens with zero attached hydrogens (tertiary/aromatic N) is 4. The molecule has 0 N–H and O–H groups in total. The first-order chi connectivity index (χ1) is 11.2. The normalized spacial score (nSPS) is 12.1. The van der Waals surface area contributed by atoms with Crippen LogP contribution in [0.3, 0.4) is 0 Å². The van der Waals surface area contributed by atoms with E-state index >= 15 is 0 Å². The first kappa shape index (κ1) is 14.2. The summed E-state index contributed by atoms with van der Waals surface area (Å²) >= 11 is 4.72. The van der Waals surface area contributed by atoms with Gasteiger partial charge in [-0.1, -0.05) is 45.5 Å². The number of rotatable bonds is 2. The number of fused-ring (bicyclic) bond motifs is 1. The van der Waals surface area contributed by atoms with E-state index in [9.17, 15) is 4.79 Å². The van der Waals surface area contributed by atoms with Crippen molar-refractivity contribution in [1.29, 1.82) is 0 Å². The van der Waals surface area contributed by atoms with Crippen molar-refractivity contribution in [3.05, 3.63) is 73.7 Å². The van der Waals surface area contributed by atoms with Crippen LogP contribution in [0, 0.1) is 0 Å². The van der Waals surface area contributed by atoms with E-state index < -0.39 is 0 Å². The molecule has 3 heterocycles. The zero-order chi connectivity index (χ0) is 15.8. The second-order valence-corrected chi connectivity index (χ2v) is 6.76. The van der Waals surface area contributed by atoms with E-state index in [0.29, 0.717) is 15.3 Å². The van der Waals surface area contributed by atoms with Crippen LogP contribution in [0.5, 0.6) is 0 Å². The molecule has 5 nitrogen and oxygen atoms in total. The number of hydrogen-bond donors (Lipinski definition) is 0. The lowest BCUT2D eigenvalue weighted by atomic mass is 10.2. The molecule has 0 saturated carbocycles. The van der Waals surface area contributed by atoms with Crippen LogP contribution in [0.1, 0.15) is 5.56 Å².